The third-order valence-electron chi connectivity index (χ3n) is 3.02. The van der Waals surface area contributed by atoms with Crippen LogP contribution in [0, 0.1) is 0 Å². The zero-order valence-electron chi connectivity index (χ0n) is 11.9. The van der Waals surface area contributed by atoms with Crippen molar-refractivity contribution in [2.75, 3.05) is 12.4 Å². The molecule has 0 bridgehead atoms. The smallest absolute Gasteiger partial charge is 0.335 e. The molecule has 1 amide bonds. The molecule has 0 aliphatic carbocycles. The van der Waals surface area contributed by atoms with E-state index in [9.17, 15) is 9.59 Å². The Bertz CT molecular complexity index is 907. The van der Waals surface area contributed by atoms with Crippen LogP contribution in [0.1, 0.15) is 20.8 Å². The third-order valence-corrected chi connectivity index (χ3v) is 3.95. The van der Waals surface area contributed by atoms with Crippen LogP contribution in [-0.2, 0) is 0 Å². The van der Waals surface area contributed by atoms with E-state index in [0.717, 1.165) is 0 Å². The molecule has 8 heteroatoms. The lowest BCUT2D eigenvalue weighted by Gasteiger charge is -2.02. The molecule has 3 aromatic rings. The molecule has 0 saturated heterocycles. The second-order valence-electron chi connectivity index (χ2n) is 4.53. The summed E-state index contributed by atoms with van der Waals surface area (Å²) >= 11 is 1.20. The van der Waals surface area contributed by atoms with E-state index in [1.165, 1.54) is 30.6 Å². The van der Waals surface area contributed by atoms with Crippen LogP contribution in [-0.4, -0.2) is 34.1 Å². The Morgan fingerprint density at radius 3 is 2.78 bits per heavy atom. The number of benzene rings is 1. The number of aromatic carboxylic acids is 1. The standard InChI is InChI=1S/C15H11N3O4S/c1-22-12-4-2-3-10(16-12)13(19)18-15-17-9-6-5-8(14(20)21)7-11(9)23-15/h2-7H,1H3,(H,20,21)(H,17,18,19). The van der Waals surface area contributed by atoms with E-state index in [0.29, 0.717) is 21.2 Å². The van der Waals surface area contributed by atoms with Gasteiger partial charge in [0.25, 0.3) is 5.91 Å². The summed E-state index contributed by atoms with van der Waals surface area (Å²) in [4.78, 5) is 31.4. The average molecular weight is 329 g/mol. The van der Waals surface area contributed by atoms with E-state index in [2.05, 4.69) is 15.3 Å². The molecule has 2 heterocycles. The maximum Gasteiger partial charge on any atom is 0.335 e. The topological polar surface area (TPSA) is 101 Å². The SMILES string of the molecule is COc1cccc(C(=O)Nc2nc3ccc(C(=O)O)cc3s2)n1. The van der Waals surface area contributed by atoms with Gasteiger partial charge in [0.15, 0.2) is 5.13 Å². The number of nitrogens with zero attached hydrogens (tertiary/aromatic N) is 2. The van der Waals surface area contributed by atoms with Gasteiger partial charge in [0.2, 0.25) is 5.88 Å². The summed E-state index contributed by atoms with van der Waals surface area (Å²) < 4.78 is 5.66. The molecule has 116 valence electrons. The number of pyridine rings is 1. The predicted molar refractivity (Wildman–Crippen MR) is 85.3 cm³/mol. The minimum absolute atomic E-state index is 0.175. The largest absolute Gasteiger partial charge is 0.481 e. The van der Waals surface area contributed by atoms with E-state index >= 15 is 0 Å². The zero-order valence-corrected chi connectivity index (χ0v) is 12.8. The second-order valence-corrected chi connectivity index (χ2v) is 5.56. The van der Waals surface area contributed by atoms with Crippen LogP contribution < -0.4 is 10.1 Å². The van der Waals surface area contributed by atoms with E-state index in [4.69, 9.17) is 9.84 Å². The first-order valence-electron chi connectivity index (χ1n) is 6.53. The molecular weight excluding hydrogens is 318 g/mol. The minimum Gasteiger partial charge on any atom is -0.481 e. The van der Waals surface area contributed by atoms with Crippen LogP contribution in [0.5, 0.6) is 5.88 Å². The highest BCUT2D eigenvalue weighted by Crippen LogP contribution is 2.27. The lowest BCUT2D eigenvalue weighted by Crippen LogP contribution is -2.13. The Balaban J connectivity index is 1.85. The molecule has 2 aromatic heterocycles. The summed E-state index contributed by atoms with van der Waals surface area (Å²) in [7, 11) is 1.47. The van der Waals surface area contributed by atoms with Gasteiger partial charge in [-0.2, -0.15) is 0 Å². The van der Waals surface area contributed by atoms with Gasteiger partial charge in [-0.1, -0.05) is 17.4 Å². The molecule has 0 spiro atoms. The highest BCUT2D eigenvalue weighted by atomic mass is 32.1. The number of nitrogens with one attached hydrogen (secondary N) is 1. The van der Waals surface area contributed by atoms with Crippen molar-refractivity contribution in [3.8, 4) is 5.88 Å². The molecule has 0 atom stereocenters. The molecule has 7 nitrogen and oxygen atoms in total. The van der Waals surface area contributed by atoms with E-state index in [1.807, 2.05) is 0 Å². The number of carboxylic acids is 1. The number of fused-ring (bicyclic) bond motifs is 1. The van der Waals surface area contributed by atoms with Crippen LogP contribution in [0.25, 0.3) is 10.2 Å². The minimum atomic E-state index is -1.01. The molecule has 2 N–H and O–H groups in total. The van der Waals surface area contributed by atoms with Gasteiger partial charge in [0.05, 0.1) is 22.9 Å². The highest BCUT2D eigenvalue weighted by molar-refractivity contribution is 7.22. The summed E-state index contributed by atoms with van der Waals surface area (Å²) in [5.41, 5.74) is 0.997. The van der Waals surface area contributed by atoms with Gasteiger partial charge in [-0.3, -0.25) is 10.1 Å². The third kappa shape index (κ3) is 3.11. The Morgan fingerprint density at radius 2 is 2.04 bits per heavy atom. The second kappa shape index (κ2) is 6.01. The van der Waals surface area contributed by atoms with Crippen molar-refractivity contribution >= 4 is 38.6 Å². The lowest BCUT2D eigenvalue weighted by molar-refractivity contribution is 0.0697. The quantitative estimate of drug-likeness (QED) is 0.763. The van der Waals surface area contributed by atoms with Crippen molar-refractivity contribution in [3.05, 3.63) is 47.7 Å². The van der Waals surface area contributed by atoms with Crippen LogP contribution in [0.15, 0.2) is 36.4 Å². The molecule has 0 aliphatic rings. The number of aromatic nitrogens is 2. The van der Waals surface area contributed by atoms with Crippen LogP contribution >= 0.6 is 11.3 Å². The van der Waals surface area contributed by atoms with Crippen molar-refractivity contribution in [2.45, 2.75) is 0 Å². The van der Waals surface area contributed by atoms with Gasteiger partial charge in [0, 0.05) is 6.07 Å². The van der Waals surface area contributed by atoms with Crippen LogP contribution in [0.3, 0.4) is 0 Å². The molecule has 23 heavy (non-hydrogen) atoms. The van der Waals surface area contributed by atoms with E-state index in [-0.39, 0.29) is 11.3 Å². The number of carbonyl (C=O) groups is 2. The molecule has 1 aromatic carbocycles. The lowest BCUT2D eigenvalue weighted by atomic mass is 10.2. The number of hydrogen-bond acceptors (Lipinski definition) is 6. The molecular formula is C15H11N3O4S. The number of methoxy groups -OCH3 is 1. The fraction of sp³-hybridized carbons (Fsp3) is 0.0667. The monoisotopic (exact) mass is 329 g/mol. The number of anilines is 1. The van der Waals surface area contributed by atoms with Gasteiger partial charge in [-0.25, -0.2) is 14.8 Å². The zero-order chi connectivity index (χ0) is 16.4. The fourth-order valence-corrected chi connectivity index (χ4v) is 2.83. The van der Waals surface area contributed by atoms with Gasteiger partial charge in [-0.05, 0) is 24.3 Å². The van der Waals surface area contributed by atoms with Crippen molar-refractivity contribution in [1.82, 2.24) is 9.97 Å². The summed E-state index contributed by atoms with van der Waals surface area (Å²) in [6, 6.07) is 9.47. The molecule has 0 radical (unpaired) electrons. The maximum absolute atomic E-state index is 12.2. The number of rotatable bonds is 4. The van der Waals surface area contributed by atoms with Gasteiger partial charge in [-0.15, -0.1) is 0 Å². The van der Waals surface area contributed by atoms with E-state index in [1.54, 1.807) is 24.3 Å². The summed E-state index contributed by atoms with van der Waals surface area (Å²) in [5.74, 6) is -1.08. The van der Waals surface area contributed by atoms with E-state index < -0.39 is 11.9 Å². The number of carbonyl (C=O) groups excluding carboxylic acids is 1. The summed E-state index contributed by atoms with van der Waals surface area (Å²) in [6.45, 7) is 0. The first kappa shape index (κ1) is 14.9. The average Bonchev–Trinajstić information content (AvgIpc) is 2.96. The Morgan fingerprint density at radius 1 is 1.22 bits per heavy atom. The van der Waals surface area contributed by atoms with Gasteiger partial charge in [0.1, 0.15) is 5.69 Å². The van der Waals surface area contributed by atoms with Crippen molar-refractivity contribution in [3.63, 3.8) is 0 Å². The highest BCUT2D eigenvalue weighted by Gasteiger charge is 2.13. The molecule has 0 aliphatic heterocycles. The number of amides is 1. The Hall–Kier alpha value is -3.00. The first-order valence-corrected chi connectivity index (χ1v) is 7.35. The predicted octanol–water partition coefficient (Wildman–Crippen LogP) is 2.65. The molecule has 0 fully saturated rings. The number of ether oxygens (including phenoxy) is 1. The van der Waals surface area contributed by atoms with Crippen LogP contribution in [0.2, 0.25) is 0 Å². The number of carboxylic acid groups (broad SMARTS) is 1. The van der Waals surface area contributed by atoms with Gasteiger partial charge < -0.3 is 9.84 Å². The van der Waals surface area contributed by atoms with Crippen molar-refractivity contribution in [1.29, 1.82) is 0 Å². The summed E-state index contributed by atoms with van der Waals surface area (Å²) in [5, 5.41) is 12.0. The first-order chi connectivity index (χ1) is 11.1. The molecule has 0 saturated carbocycles. The van der Waals surface area contributed by atoms with Crippen molar-refractivity contribution in [2.24, 2.45) is 0 Å². The molecule has 0 unspecified atom stereocenters. The Kier molecular flexibility index (Phi) is 3.90. The Labute approximate surface area is 134 Å². The molecule has 3 rings (SSSR count). The maximum atomic E-state index is 12.2. The summed E-state index contributed by atoms with van der Waals surface area (Å²) in [6.07, 6.45) is 0. The number of thiazole rings is 1. The van der Waals surface area contributed by atoms with Crippen molar-refractivity contribution < 1.29 is 19.4 Å². The normalized spacial score (nSPS) is 10.5. The van der Waals surface area contributed by atoms with Gasteiger partial charge >= 0.3 is 5.97 Å². The fourth-order valence-electron chi connectivity index (χ4n) is 1.93. The van der Waals surface area contributed by atoms with Crippen LogP contribution in [0.4, 0.5) is 5.13 Å². The number of hydrogen-bond donors (Lipinski definition) is 2.